The molecule has 0 spiro atoms. The van der Waals surface area contributed by atoms with Gasteiger partial charge in [0.05, 0.1) is 17.2 Å². The van der Waals surface area contributed by atoms with E-state index in [1.165, 1.54) is 0 Å². The lowest BCUT2D eigenvalue weighted by molar-refractivity contribution is 0.0950. The Kier molecular flexibility index (Phi) is 6.80. The number of methoxy groups -OCH3 is 1. The van der Waals surface area contributed by atoms with Crippen molar-refractivity contribution in [1.29, 1.82) is 0 Å². The quantitative estimate of drug-likeness (QED) is 0.553. The molecular weight excluding hydrogens is 397 g/mol. The summed E-state index contributed by atoms with van der Waals surface area (Å²) in [5, 5.41) is 3.88. The molecule has 4 nitrogen and oxygen atoms in total. The van der Waals surface area contributed by atoms with E-state index in [0.717, 1.165) is 16.9 Å². The number of halogens is 2. The molecule has 0 saturated carbocycles. The molecule has 0 aromatic heterocycles. The summed E-state index contributed by atoms with van der Waals surface area (Å²) >= 11 is 11.9. The van der Waals surface area contributed by atoms with E-state index in [1.807, 2.05) is 30.3 Å². The predicted octanol–water partition coefficient (Wildman–Crippen LogP) is 5.51. The van der Waals surface area contributed by atoms with Gasteiger partial charge in [-0.25, -0.2) is 0 Å². The van der Waals surface area contributed by atoms with Gasteiger partial charge < -0.3 is 14.8 Å². The Morgan fingerprint density at radius 2 is 1.79 bits per heavy atom. The number of rotatable bonds is 7. The Morgan fingerprint density at radius 3 is 2.57 bits per heavy atom. The van der Waals surface area contributed by atoms with Crippen molar-refractivity contribution in [3.8, 4) is 11.5 Å². The Labute approximate surface area is 174 Å². The lowest BCUT2D eigenvalue weighted by atomic mass is 10.1. The van der Waals surface area contributed by atoms with Crippen LogP contribution in [-0.4, -0.2) is 13.0 Å². The topological polar surface area (TPSA) is 47.6 Å². The lowest BCUT2D eigenvalue weighted by Crippen LogP contribution is -2.23. The highest BCUT2D eigenvalue weighted by atomic mass is 35.5. The second kappa shape index (κ2) is 9.49. The standard InChI is InChI=1S/C22H19Cl2NO3/c1-27-21-8-3-2-5-17(21)13-25-22(26)16-6-4-7-18(12-16)28-14-15-9-10-19(23)20(24)11-15/h2-12H,13-14H2,1H3,(H,25,26). The number of amides is 1. The van der Waals surface area contributed by atoms with Gasteiger partial charge in [-0.15, -0.1) is 0 Å². The smallest absolute Gasteiger partial charge is 0.251 e. The molecule has 0 atom stereocenters. The van der Waals surface area contributed by atoms with Gasteiger partial charge in [0, 0.05) is 17.7 Å². The first-order valence-electron chi connectivity index (χ1n) is 8.63. The van der Waals surface area contributed by atoms with E-state index in [-0.39, 0.29) is 5.91 Å². The minimum absolute atomic E-state index is 0.189. The molecule has 6 heteroatoms. The molecule has 0 fully saturated rings. The van der Waals surface area contributed by atoms with Crippen LogP contribution in [0.5, 0.6) is 11.5 Å². The second-order valence-electron chi connectivity index (χ2n) is 6.06. The average Bonchev–Trinajstić information content (AvgIpc) is 2.73. The monoisotopic (exact) mass is 415 g/mol. The van der Waals surface area contributed by atoms with E-state index in [1.54, 1.807) is 43.5 Å². The summed E-state index contributed by atoms with van der Waals surface area (Å²) in [5.41, 5.74) is 2.31. The fourth-order valence-electron chi connectivity index (χ4n) is 2.65. The number of nitrogens with one attached hydrogen (secondary N) is 1. The first kappa shape index (κ1) is 20.1. The van der Waals surface area contributed by atoms with Crippen LogP contribution >= 0.6 is 23.2 Å². The minimum atomic E-state index is -0.189. The molecule has 144 valence electrons. The largest absolute Gasteiger partial charge is 0.496 e. The van der Waals surface area contributed by atoms with Crippen molar-refractivity contribution in [3.05, 3.63) is 93.5 Å². The number of hydrogen-bond donors (Lipinski definition) is 1. The van der Waals surface area contributed by atoms with Gasteiger partial charge in [0.25, 0.3) is 5.91 Å². The van der Waals surface area contributed by atoms with Gasteiger partial charge in [0.1, 0.15) is 18.1 Å². The zero-order chi connectivity index (χ0) is 19.9. The summed E-state index contributed by atoms with van der Waals surface area (Å²) in [6.07, 6.45) is 0. The van der Waals surface area contributed by atoms with Gasteiger partial charge >= 0.3 is 0 Å². The number of para-hydroxylation sites is 1. The van der Waals surface area contributed by atoms with Crippen molar-refractivity contribution in [2.24, 2.45) is 0 Å². The van der Waals surface area contributed by atoms with E-state index < -0.39 is 0 Å². The Morgan fingerprint density at radius 1 is 0.964 bits per heavy atom. The fraction of sp³-hybridized carbons (Fsp3) is 0.136. The van der Waals surface area contributed by atoms with Gasteiger partial charge in [-0.3, -0.25) is 4.79 Å². The van der Waals surface area contributed by atoms with Gasteiger partial charge in [-0.05, 0) is 42.0 Å². The highest BCUT2D eigenvalue weighted by molar-refractivity contribution is 6.42. The number of carbonyl (C=O) groups is 1. The second-order valence-corrected chi connectivity index (χ2v) is 6.87. The van der Waals surface area contributed by atoms with E-state index in [4.69, 9.17) is 32.7 Å². The number of hydrogen-bond acceptors (Lipinski definition) is 3. The summed E-state index contributed by atoms with van der Waals surface area (Å²) in [6.45, 7) is 0.695. The maximum atomic E-state index is 12.5. The fourth-order valence-corrected chi connectivity index (χ4v) is 2.97. The van der Waals surface area contributed by atoms with Crippen molar-refractivity contribution >= 4 is 29.1 Å². The van der Waals surface area contributed by atoms with Crippen LogP contribution in [0.1, 0.15) is 21.5 Å². The van der Waals surface area contributed by atoms with Crippen LogP contribution in [0.25, 0.3) is 0 Å². The maximum absolute atomic E-state index is 12.5. The van der Waals surface area contributed by atoms with Crippen molar-refractivity contribution in [2.45, 2.75) is 13.2 Å². The van der Waals surface area contributed by atoms with Crippen LogP contribution in [-0.2, 0) is 13.2 Å². The lowest BCUT2D eigenvalue weighted by Gasteiger charge is -2.11. The molecule has 0 saturated heterocycles. The van der Waals surface area contributed by atoms with Gasteiger partial charge in [-0.2, -0.15) is 0 Å². The van der Waals surface area contributed by atoms with Gasteiger partial charge in [0.2, 0.25) is 0 Å². The van der Waals surface area contributed by atoms with Gasteiger partial charge in [0.15, 0.2) is 0 Å². The van der Waals surface area contributed by atoms with Crippen LogP contribution in [0, 0.1) is 0 Å². The molecule has 3 aromatic carbocycles. The number of benzene rings is 3. The molecule has 0 aliphatic heterocycles. The molecule has 1 amide bonds. The molecule has 3 aromatic rings. The Balaban J connectivity index is 1.61. The van der Waals surface area contributed by atoms with Crippen LogP contribution in [0.4, 0.5) is 0 Å². The van der Waals surface area contributed by atoms with Crippen LogP contribution < -0.4 is 14.8 Å². The van der Waals surface area contributed by atoms with Crippen LogP contribution in [0.15, 0.2) is 66.7 Å². The average molecular weight is 416 g/mol. The predicted molar refractivity (Wildman–Crippen MR) is 111 cm³/mol. The molecule has 0 aliphatic carbocycles. The SMILES string of the molecule is COc1ccccc1CNC(=O)c1cccc(OCc2ccc(Cl)c(Cl)c2)c1. The molecular formula is C22H19Cl2NO3. The van der Waals surface area contributed by atoms with Crippen molar-refractivity contribution in [3.63, 3.8) is 0 Å². The molecule has 3 rings (SSSR count). The number of carbonyl (C=O) groups excluding carboxylic acids is 1. The third kappa shape index (κ3) is 5.18. The zero-order valence-corrected chi connectivity index (χ0v) is 16.8. The third-order valence-electron chi connectivity index (χ3n) is 4.12. The first-order valence-corrected chi connectivity index (χ1v) is 9.39. The summed E-state index contributed by atoms with van der Waals surface area (Å²) in [6, 6.07) is 19.9. The first-order chi connectivity index (χ1) is 13.6. The summed E-state index contributed by atoms with van der Waals surface area (Å²) in [4.78, 5) is 12.5. The maximum Gasteiger partial charge on any atom is 0.251 e. The highest BCUT2D eigenvalue weighted by Crippen LogP contribution is 2.24. The summed E-state index contributed by atoms with van der Waals surface area (Å²) in [5.74, 6) is 1.14. The van der Waals surface area contributed by atoms with E-state index in [9.17, 15) is 4.79 Å². The molecule has 0 aliphatic rings. The molecule has 0 bridgehead atoms. The molecule has 0 radical (unpaired) electrons. The van der Waals surface area contributed by atoms with E-state index >= 15 is 0 Å². The van der Waals surface area contributed by atoms with Crippen molar-refractivity contribution in [1.82, 2.24) is 5.32 Å². The summed E-state index contributed by atoms with van der Waals surface area (Å²) in [7, 11) is 1.61. The van der Waals surface area contributed by atoms with Crippen LogP contribution in [0.2, 0.25) is 10.0 Å². The Hall–Kier alpha value is -2.69. The molecule has 0 heterocycles. The zero-order valence-electron chi connectivity index (χ0n) is 15.2. The summed E-state index contributed by atoms with van der Waals surface area (Å²) < 4.78 is 11.1. The van der Waals surface area contributed by atoms with Gasteiger partial charge in [-0.1, -0.05) is 53.5 Å². The third-order valence-corrected chi connectivity index (χ3v) is 4.86. The van der Waals surface area contributed by atoms with E-state index in [2.05, 4.69) is 5.32 Å². The molecule has 1 N–H and O–H groups in total. The van der Waals surface area contributed by atoms with E-state index in [0.29, 0.717) is 34.5 Å². The molecule has 0 unspecified atom stereocenters. The molecule has 28 heavy (non-hydrogen) atoms. The number of ether oxygens (including phenoxy) is 2. The normalized spacial score (nSPS) is 10.4. The minimum Gasteiger partial charge on any atom is -0.496 e. The Bertz CT molecular complexity index is 976. The van der Waals surface area contributed by atoms with Crippen molar-refractivity contribution < 1.29 is 14.3 Å². The highest BCUT2D eigenvalue weighted by Gasteiger charge is 2.09. The van der Waals surface area contributed by atoms with Crippen molar-refractivity contribution in [2.75, 3.05) is 7.11 Å². The van der Waals surface area contributed by atoms with Crippen LogP contribution in [0.3, 0.4) is 0 Å².